The van der Waals surface area contributed by atoms with Crippen LogP contribution in [0.2, 0.25) is 0 Å². The van der Waals surface area contributed by atoms with Crippen molar-refractivity contribution in [2.45, 2.75) is 47.7 Å². The highest BCUT2D eigenvalue weighted by atomic mass is 15.1. The molecule has 318 valence electrons. The smallest absolute Gasteiger partial charge is 0.0542 e. The van der Waals surface area contributed by atoms with Gasteiger partial charge in [0.1, 0.15) is 0 Å². The third-order valence-electron chi connectivity index (χ3n) is 12.7. The highest BCUT2D eigenvalue weighted by Gasteiger charge is 2.19. The summed E-state index contributed by atoms with van der Waals surface area (Å²) in [5.41, 5.74) is 16.2. The predicted molar refractivity (Wildman–Crippen MR) is 280 cm³/mol. The van der Waals surface area contributed by atoms with Crippen molar-refractivity contribution in [1.82, 2.24) is 13.7 Å². The Hall–Kier alpha value is -7.82. The molecule has 0 unspecified atom stereocenters. The van der Waals surface area contributed by atoms with Gasteiger partial charge in [-0.2, -0.15) is 0 Å². The van der Waals surface area contributed by atoms with Gasteiger partial charge in [0, 0.05) is 90.2 Å². The second-order valence-corrected chi connectivity index (χ2v) is 17.0. The lowest BCUT2D eigenvalue weighted by molar-refractivity contribution is 0.827. The van der Waals surface area contributed by atoms with Crippen molar-refractivity contribution in [3.8, 4) is 5.69 Å². The van der Waals surface area contributed by atoms with Crippen molar-refractivity contribution < 1.29 is 0 Å². The molecule has 0 bridgehead atoms. The van der Waals surface area contributed by atoms with Crippen molar-refractivity contribution in [3.63, 3.8) is 0 Å². The fraction of sp³-hybridized carbons (Fsp3) is 0.115. The minimum Gasteiger partial charge on any atom is -0.341 e. The number of fused-ring (bicyclic) bond motifs is 9. The number of hydrogen-bond acceptors (Lipinski definition) is 1. The van der Waals surface area contributed by atoms with Crippen molar-refractivity contribution in [2.24, 2.45) is 0 Å². The Kier molecular flexibility index (Phi) is 11.2. The van der Waals surface area contributed by atoms with E-state index < -0.39 is 0 Å². The number of benzene rings is 9. The van der Waals surface area contributed by atoms with Gasteiger partial charge in [-0.3, -0.25) is 0 Å². The van der Waals surface area contributed by atoms with Gasteiger partial charge >= 0.3 is 0 Å². The van der Waals surface area contributed by atoms with Gasteiger partial charge in [0.15, 0.2) is 0 Å². The maximum Gasteiger partial charge on any atom is 0.0542 e. The van der Waals surface area contributed by atoms with E-state index in [0.29, 0.717) is 0 Å². The molecule has 0 fully saturated rings. The first-order chi connectivity index (χ1) is 31.9. The summed E-state index contributed by atoms with van der Waals surface area (Å²) in [4.78, 5) is 2.39. The molecule has 4 nitrogen and oxygen atoms in total. The van der Waals surface area contributed by atoms with Crippen molar-refractivity contribution >= 4 is 82.5 Å². The number of aromatic nitrogens is 3. The van der Waals surface area contributed by atoms with E-state index >= 15 is 0 Å². The maximum atomic E-state index is 2.41. The van der Waals surface area contributed by atoms with Gasteiger partial charge in [0.2, 0.25) is 0 Å². The van der Waals surface area contributed by atoms with Crippen molar-refractivity contribution in [2.75, 3.05) is 4.90 Å². The third kappa shape index (κ3) is 7.72. The van der Waals surface area contributed by atoms with Crippen LogP contribution in [-0.4, -0.2) is 13.7 Å². The van der Waals surface area contributed by atoms with Gasteiger partial charge < -0.3 is 18.6 Å². The van der Waals surface area contributed by atoms with E-state index in [-0.39, 0.29) is 0 Å². The van der Waals surface area contributed by atoms with Crippen molar-refractivity contribution in [3.05, 3.63) is 229 Å². The molecule has 0 aliphatic heterocycles. The van der Waals surface area contributed by atoms with Crippen LogP contribution in [0.25, 0.3) is 71.1 Å². The molecule has 0 amide bonds. The molecular formula is C61H54N4. The molecule has 65 heavy (non-hydrogen) atoms. The summed E-state index contributed by atoms with van der Waals surface area (Å²) in [5, 5.41) is 7.83. The molecule has 12 rings (SSSR count). The van der Waals surface area contributed by atoms with E-state index in [1.807, 2.05) is 18.2 Å². The average molecular weight is 843 g/mol. The zero-order valence-corrected chi connectivity index (χ0v) is 37.9. The van der Waals surface area contributed by atoms with Crippen LogP contribution in [0.4, 0.5) is 17.1 Å². The van der Waals surface area contributed by atoms with E-state index in [1.54, 1.807) is 0 Å². The van der Waals surface area contributed by atoms with Crippen LogP contribution in [0, 0.1) is 20.8 Å². The topological polar surface area (TPSA) is 18.0 Å². The number of hydrogen-bond donors (Lipinski definition) is 0. The molecule has 4 heteroatoms. The van der Waals surface area contributed by atoms with Gasteiger partial charge in [0.25, 0.3) is 0 Å². The molecule has 12 aromatic rings. The number of rotatable bonds is 6. The summed E-state index contributed by atoms with van der Waals surface area (Å²) in [6, 6.07) is 76.3. The van der Waals surface area contributed by atoms with Crippen LogP contribution in [0.5, 0.6) is 0 Å². The van der Waals surface area contributed by atoms with Crippen molar-refractivity contribution in [1.29, 1.82) is 0 Å². The first-order valence-corrected chi connectivity index (χ1v) is 22.9. The van der Waals surface area contributed by atoms with E-state index in [9.17, 15) is 0 Å². The Morgan fingerprint density at radius 2 is 0.692 bits per heavy atom. The lowest BCUT2D eigenvalue weighted by atomic mass is 10.1. The molecule has 0 aliphatic carbocycles. The molecular weight excluding hydrogens is 789 g/mol. The van der Waals surface area contributed by atoms with Gasteiger partial charge in [0.05, 0.1) is 11.0 Å². The Bertz CT molecular complexity index is 3590. The third-order valence-corrected chi connectivity index (χ3v) is 12.7. The lowest BCUT2D eigenvalue weighted by Crippen LogP contribution is -2.09. The van der Waals surface area contributed by atoms with Crippen LogP contribution >= 0.6 is 0 Å². The molecule has 0 N–H and O–H groups in total. The highest BCUT2D eigenvalue weighted by Crippen LogP contribution is 2.42. The maximum absolute atomic E-state index is 2.41. The lowest BCUT2D eigenvalue weighted by Gasteiger charge is -2.26. The molecule has 3 heterocycles. The van der Waals surface area contributed by atoms with Crippen LogP contribution in [-0.2, 0) is 13.1 Å². The average Bonchev–Trinajstić information content (AvgIpc) is 3.97. The van der Waals surface area contributed by atoms with Gasteiger partial charge in [-0.05, 0) is 132 Å². The van der Waals surface area contributed by atoms with Gasteiger partial charge in [-0.1, -0.05) is 132 Å². The number of nitrogens with zero attached hydrogens (tertiary/aromatic N) is 4. The summed E-state index contributed by atoms with van der Waals surface area (Å²) in [6.07, 6.45) is 0. The Balaban J connectivity index is 0.000000176. The van der Waals surface area contributed by atoms with Crippen LogP contribution < -0.4 is 4.90 Å². The Morgan fingerprint density at radius 3 is 1.20 bits per heavy atom. The second kappa shape index (κ2) is 17.7. The quantitative estimate of drug-likeness (QED) is 0.163. The zero-order chi connectivity index (χ0) is 44.4. The molecule has 0 radical (unpaired) electrons. The summed E-state index contributed by atoms with van der Waals surface area (Å²) in [5.74, 6) is 0. The fourth-order valence-electron chi connectivity index (χ4n) is 9.71. The van der Waals surface area contributed by atoms with E-state index in [1.165, 1.54) is 87.8 Å². The summed E-state index contributed by atoms with van der Waals surface area (Å²) >= 11 is 0. The number of aryl methyl sites for hydroxylation is 5. The molecule has 0 spiro atoms. The Labute approximate surface area is 381 Å². The SMILES string of the molecule is CCn1c2ccccc2c2cc(C)ccc21.CCn1c2ccccc2c2cc(N(c3ccccc3)c3ccc4c(c3)c3cc(C)ccc3n4-c3ccccc3)ccc21.Cc1ccccc1. The standard InChI is InChI=1S/C39H31N3.C15H15N.C7H8/c1-3-40-36-17-11-10-16-32(36)34-25-30(19-22-37(34)40)41(28-12-6-4-7-13-28)31-20-23-39-35(26-31)33-24-27(2)18-21-38(33)42(39)29-14-8-5-9-15-29;1-3-16-14-7-5-4-6-12(14)13-10-11(2)8-9-15(13)16;1-7-5-3-2-4-6-7/h4-26H,3H2,1-2H3;4-10H,3H2,1-2H3;2-6H,1H3. The van der Waals surface area contributed by atoms with E-state index in [2.05, 4.69) is 247 Å². The second-order valence-electron chi connectivity index (χ2n) is 17.0. The minimum atomic E-state index is 0.938. The fourth-order valence-corrected chi connectivity index (χ4v) is 9.71. The number of para-hydroxylation sites is 4. The van der Waals surface area contributed by atoms with E-state index in [0.717, 1.165) is 30.2 Å². The summed E-state index contributed by atoms with van der Waals surface area (Å²) in [7, 11) is 0. The first kappa shape index (κ1) is 41.2. The molecule has 0 saturated heterocycles. The minimum absolute atomic E-state index is 0.938. The molecule has 3 aromatic heterocycles. The van der Waals surface area contributed by atoms with Gasteiger partial charge in [-0.25, -0.2) is 0 Å². The zero-order valence-electron chi connectivity index (χ0n) is 37.9. The first-order valence-electron chi connectivity index (χ1n) is 22.9. The highest BCUT2D eigenvalue weighted by molar-refractivity contribution is 6.12. The largest absolute Gasteiger partial charge is 0.341 e. The summed E-state index contributed by atoms with van der Waals surface area (Å²) < 4.78 is 7.17. The van der Waals surface area contributed by atoms with E-state index in [4.69, 9.17) is 0 Å². The molecule has 0 aliphatic rings. The summed E-state index contributed by atoms with van der Waals surface area (Å²) in [6.45, 7) is 12.8. The normalized spacial score (nSPS) is 11.3. The molecule has 0 atom stereocenters. The van der Waals surface area contributed by atoms with Crippen LogP contribution in [0.15, 0.2) is 212 Å². The number of anilines is 3. The van der Waals surface area contributed by atoms with Crippen LogP contribution in [0.1, 0.15) is 30.5 Å². The monoisotopic (exact) mass is 842 g/mol. The van der Waals surface area contributed by atoms with Crippen LogP contribution in [0.3, 0.4) is 0 Å². The molecule has 0 saturated carbocycles. The predicted octanol–water partition coefficient (Wildman–Crippen LogP) is 16.8. The Morgan fingerprint density at radius 1 is 0.308 bits per heavy atom. The molecule has 9 aromatic carbocycles. The van der Waals surface area contributed by atoms with Gasteiger partial charge in [-0.15, -0.1) is 0 Å².